The van der Waals surface area contributed by atoms with Crippen LogP contribution in [-0.2, 0) is 0 Å². The van der Waals surface area contributed by atoms with Gasteiger partial charge in [0.25, 0.3) is 0 Å². The number of hydrogen-bond donors (Lipinski definition) is 1. The van der Waals surface area contributed by atoms with Crippen LogP contribution < -0.4 is 10.6 Å². The van der Waals surface area contributed by atoms with E-state index in [0.717, 1.165) is 18.7 Å². The van der Waals surface area contributed by atoms with Gasteiger partial charge in [0, 0.05) is 23.8 Å². The minimum atomic E-state index is -1.24. The SMILES string of the molecule is NCC1(F)CCCN(c2ccc(Cl)cc2)C1. The van der Waals surface area contributed by atoms with Gasteiger partial charge in [-0.25, -0.2) is 4.39 Å². The molecule has 16 heavy (non-hydrogen) atoms. The Morgan fingerprint density at radius 1 is 1.38 bits per heavy atom. The Morgan fingerprint density at radius 3 is 2.69 bits per heavy atom. The molecule has 4 heteroatoms. The Balaban J connectivity index is 2.12. The fourth-order valence-corrected chi connectivity index (χ4v) is 2.25. The second-order valence-corrected chi connectivity index (χ2v) is 4.79. The quantitative estimate of drug-likeness (QED) is 0.864. The Labute approximate surface area is 100 Å². The minimum Gasteiger partial charge on any atom is -0.368 e. The fourth-order valence-electron chi connectivity index (χ4n) is 2.13. The largest absolute Gasteiger partial charge is 0.368 e. The van der Waals surface area contributed by atoms with Crippen molar-refractivity contribution in [3.63, 3.8) is 0 Å². The molecule has 0 saturated carbocycles. The zero-order chi connectivity index (χ0) is 11.6. The van der Waals surface area contributed by atoms with Gasteiger partial charge in [-0.3, -0.25) is 0 Å². The average molecular weight is 243 g/mol. The van der Waals surface area contributed by atoms with Crippen LogP contribution in [0.4, 0.5) is 10.1 Å². The number of halogens is 2. The zero-order valence-electron chi connectivity index (χ0n) is 9.13. The minimum absolute atomic E-state index is 0.0943. The van der Waals surface area contributed by atoms with Crippen molar-refractivity contribution in [1.29, 1.82) is 0 Å². The number of nitrogens with zero attached hydrogens (tertiary/aromatic N) is 1. The molecular weight excluding hydrogens is 227 g/mol. The van der Waals surface area contributed by atoms with Gasteiger partial charge in [-0.05, 0) is 37.1 Å². The third-order valence-electron chi connectivity index (χ3n) is 3.08. The normalized spacial score (nSPS) is 25.8. The third kappa shape index (κ3) is 2.47. The second-order valence-electron chi connectivity index (χ2n) is 4.36. The molecule has 1 aromatic carbocycles. The van der Waals surface area contributed by atoms with E-state index in [4.69, 9.17) is 17.3 Å². The molecule has 1 heterocycles. The smallest absolute Gasteiger partial charge is 0.140 e. The fraction of sp³-hybridized carbons (Fsp3) is 0.500. The molecule has 1 aromatic rings. The summed E-state index contributed by atoms with van der Waals surface area (Å²) in [5.74, 6) is 0. The maximum atomic E-state index is 14.1. The van der Waals surface area contributed by atoms with Crippen LogP contribution in [0, 0.1) is 0 Å². The summed E-state index contributed by atoms with van der Waals surface area (Å²) in [5.41, 5.74) is 5.25. The van der Waals surface area contributed by atoms with E-state index in [1.165, 1.54) is 0 Å². The van der Waals surface area contributed by atoms with Crippen LogP contribution in [0.5, 0.6) is 0 Å². The van der Waals surface area contributed by atoms with Crippen LogP contribution in [0.2, 0.25) is 5.02 Å². The Kier molecular flexibility index (Phi) is 3.36. The molecule has 1 saturated heterocycles. The lowest BCUT2D eigenvalue weighted by Crippen LogP contribution is -2.49. The van der Waals surface area contributed by atoms with Crippen LogP contribution >= 0.6 is 11.6 Å². The van der Waals surface area contributed by atoms with Gasteiger partial charge in [0.1, 0.15) is 5.67 Å². The van der Waals surface area contributed by atoms with Crippen LogP contribution in [-0.4, -0.2) is 25.3 Å². The number of nitrogens with two attached hydrogens (primary N) is 1. The van der Waals surface area contributed by atoms with Crippen molar-refractivity contribution in [2.24, 2.45) is 5.73 Å². The highest BCUT2D eigenvalue weighted by atomic mass is 35.5. The highest BCUT2D eigenvalue weighted by molar-refractivity contribution is 6.30. The van der Waals surface area contributed by atoms with Gasteiger partial charge in [-0.15, -0.1) is 0 Å². The Morgan fingerprint density at radius 2 is 2.06 bits per heavy atom. The summed E-state index contributed by atoms with van der Waals surface area (Å²) in [6, 6.07) is 7.50. The van der Waals surface area contributed by atoms with Gasteiger partial charge in [0.15, 0.2) is 0 Å². The lowest BCUT2D eigenvalue weighted by Gasteiger charge is -2.38. The van der Waals surface area contributed by atoms with E-state index in [0.29, 0.717) is 18.0 Å². The maximum absolute atomic E-state index is 14.1. The van der Waals surface area contributed by atoms with Crippen molar-refractivity contribution in [2.75, 3.05) is 24.5 Å². The molecule has 0 bridgehead atoms. The monoisotopic (exact) mass is 242 g/mol. The van der Waals surface area contributed by atoms with E-state index in [9.17, 15) is 4.39 Å². The van der Waals surface area contributed by atoms with Crippen LogP contribution in [0.3, 0.4) is 0 Å². The van der Waals surface area contributed by atoms with Crippen LogP contribution in [0.15, 0.2) is 24.3 Å². The van der Waals surface area contributed by atoms with Gasteiger partial charge >= 0.3 is 0 Å². The van der Waals surface area contributed by atoms with Gasteiger partial charge in [-0.1, -0.05) is 11.6 Å². The summed E-state index contributed by atoms with van der Waals surface area (Å²) >= 11 is 5.82. The van der Waals surface area contributed by atoms with E-state index < -0.39 is 5.67 Å². The summed E-state index contributed by atoms with van der Waals surface area (Å²) in [6.07, 6.45) is 1.41. The molecule has 1 aliphatic heterocycles. The summed E-state index contributed by atoms with van der Waals surface area (Å²) in [5, 5.41) is 0.700. The van der Waals surface area contributed by atoms with E-state index in [2.05, 4.69) is 0 Å². The summed E-state index contributed by atoms with van der Waals surface area (Å²) in [6.45, 7) is 1.36. The summed E-state index contributed by atoms with van der Waals surface area (Å²) < 4.78 is 14.1. The summed E-state index contributed by atoms with van der Waals surface area (Å²) in [4.78, 5) is 2.03. The lowest BCUT2D eigenvalue weighted by atomic mass is 9.94. The first kappa shape index (κ1) is 11.7. The van der Waals surface area contributed by atoms with E-state index >= 15 is 0 Å². The summed E-state index contributed by atoms with van der Waals surface area (Å²) in [7, 11) is 0. The molecule has 1 fully saturated rings. The molecule has 1 atom stereocenters. The molecule has 0 amide bonds. The molecule has 0 spiro atoms. The first-order valence-electron chi connectivity index (χ1n) is 5.52. The maximum Gasteiger partial charge on any atom is 0.140 e. The molecule has 0 aromatic heterocycles. The van der Waals surface area contributed by atoms with Crippen molar-refractivity contribution in [3.8, 4) is 0 Å². The molecule has 88 valence electrons. The molecular formula is C12H16ClFN2. The molecule has 1 unspecified atom stereocenters. The van der Waals surface area contributed by atoms with Crippen LogP contribution in [0.25, 0.3) is 0 Å². The Bertz CT molecular complexity index is 355. The second kappa shape index (κ2) is 4.60. The van der Waals surface area contributed by atoms with E-state index in [-0.39, 0.29) is 6.54 Å². The van der Waals surface area contributed by atoms with Crippen molar-refractivity contribution < 1.29 is 4.39 Å². The van der Waals surface area contributed by atoms with Crippen LogP contribution in [0.1, 0.15) is 12.8 Å². The number of rotatable bonds is 2. The molecule has 2 nitrogen and oxygen atoms in total. The first-order valence-corrected chi connectivity index (χ1v) is 5.90. The van der Waals surface area contributed by atoms with Gasteiger partial charge in [0.05, 0.1) is 6.54 Å². The van der Waals surface area contributed by atoms with Crippen molar-refractivity contribution in [2.45, 2.75) is 18.5 Å². The van der Waals surface area contributed by atoms with Crippen molar-refractivity contribution in [1.82, 2.24) is 0 Å². The van der Waals surface area contributed by atoms with Crippen molar-refractivity contribution in [3.05, 3.63) is 29.3 Å². The van der Waals surface area contributed by atoms with Gasteiger partial charge < -0.3 is 10.6 Å². The molecule has 2 N–H and O–H groups in total. The lowest BCUT2D eigenvalue weighted by molar-refractivity contribution is 0.146. The molecule has 0 aliphatic carbocycles. The number of piperidine rings is 1. The average Bonchev–Trinajstić information content (AvgIpc) is 2.30. The third-order valence-corrected chi connectivity index (χ3v) is 3.34. The van der Waals surface area contributed by atoms with Gasteiger partial charge in [-0.2, -0.15) is 0 Å². The molecule has 1 aliphatic rings. The highest BCUT2D eigenvalue weighted by Crippen LogP contribution is 2.28. The highest BCUT2D eigenvalue weighted by Gasteiger charge is 2.34. The number of hydrogen-bond acceptors (Lipinski definition) is 2. The molecule has 2 rings (SSSR count). The predicted molar refractivity (Wildman–Crippen MR) is 65.8 cm³/mol. The predicted octanol–water partition coefficient (Wildman–Crippen LogP) is 2.61. The zero-order valence-corrected chi connectivity index (χ0v) is 9.88. The van der Waals surface area contributed by atoms with Gasteiger partial charge in [0.2, 0.25) is 0 Å². The Hall–Kier alpha value is -0.800. The number of benzene rings is 1. The van der Waals surface area contributed by atoms with Crippen molar-refractivity contribution >= 4 is 17.3 Å². The molecule has 0 radical (unpaired) electrons. The number of anilines is 1. The number of alkyl halides is 1. The topological polar surface area (TPSA) is 29.3 Å². The van der Waals surface area contributed by atoms with E-state index in [1.807, 2.05) is 29.2 Å². The standard InChI is InChI=1S/C12H16ClFN2/c13-10-2-4-11(5-3-10)16-7-1-6-12(14,8-15)9-16/h2-5H,1,6-9,15H2. The van der Waals surface area contributed by atoms with E-state index in [1.54, 1.807) is 0 Å². The first-order chi connectivity index (χ1) is 7.63.